The highest BCUT2D eigenvalue weighted by Gasteiger charge is 2.33. The molecule has 2 N–H and O–H groups in total. The predicted octanol–water partition coefficient (Wildman–Crippen LogP) is 2.84. The van der Waals surface area contributed by atoms with Gasteiger partial charge in [0.25, 0.3) is 0 Å². The van der Waals surface area contributed by atoms with Gasteiger partial charge >= 0.3 is 6.18 Å². The van der Waals surface area contributed by atoms with E-state index in [9.17, 15) is 13.2 Å². The van der Waals surface area contributed by atoms with Gasteiger partial charge in [0.2, 0.25) is 0 Å². The van der Waals surface area contributed by atoms with Crippen LogP contribution in [-0.2, 0) is 19.1 Å². The van der Waals surface area contributed by atoms with Crippen LogP contribution in [0.1, 0.15) is 23.4 Å². The van der Waals surface area contributed by atoms with Crippen LogP contribution in [0.25, 0.3) is 0 Å². The van der Waals surface area contributed by atoms with Crippen molar-refractivity contribution in [2.24, 2.45) is 5.73 Å². The van der Waals surface area contributed by atoms with Gasteiger partial charge in [-0.15, -0.1) is 0 Å². The molecule has 0 unspecified atom stereocenters. The number of imidazole rings is 1. The Balaban J connectivity index is 2.25. The molecule has 0 saturated heterocycles. The molecule has 0 aliphatic heterocycles. The van der Waals surface area contributed by atoms with Crippen molar-refractivity contribution in [1.29, 1.82) is 0 Å². The first kappa shape index (κ1) is 14.6. The van der Waals surface area contributed by atoms with Crippen LogP contribution in [0, 0.1) is 0 Å². The molecule has 0 radical (unpaired) electrons. The van der Waals surface area contributed by atoms with Gasteiger partial charge in [0, 0.05) is 25.4 Å². The smallest absolute Gasteiger partial charge is 0.335 e. The Hall–Kier alpha value is -1.82. The Labute approximate surface area is 115 Å². The van der Waals surface area contributed by atoms with Crippen LogP contribution in [0.15, 0.2) is 36.7 Å². The lowest BCUT2D eigenvalue weighted by Crippen LogP contribution is -2.12. The van der Waals surface area contributed by atoms with Gasteiger partial charge in [-0.3, -0.25) is 0 Å². The predicted molar refractivity (Wildman–Crippen MR) is 70.1 cm³/mol. The Bertz CT molecular complexity index is 561. The number of aromatic nitrogens is 2. The lowest BCUT2D eigenvalue weighted by atomic mass is 10.0. The maximum absolute atomic E-state index is 12.9. The summed E-state index contributed by atoms with van der Waals surface area (Å²) in [5, 5.41) is 0. The summed E-state index contributed by atoms with van der Waals surface area (Å²) < 4.78 is 40.7. The Morgan fingerprint density at radius 1 is 1.20 bits per heavy atom. The summed E-state index contributed by atoms with van der Waals surface area (Å²) in [4.78, 5) is 4.14. The van der Waals surface area contributed by atoms with E-state index >= 15 is 0 Å². The SMILES string of the molecule is NCCCn1ccnc1Cc1ccccc1C(F)(F)F. The highest BCUT2D eigenvalue weighted by atomic mass is 19.4. The van der Waals surface area contributed by atoms with Crippen LogP contribution >= 0.6 is 0 Å². The molecule has 0 saturated carbocycles. The standard InChI is InChI=1S/C14H16F3N3/c15-14(16,17)12-5-2-1-4-11(12)10-13-19-7-9-20(13)8-3-6-18/h1-2,4-5,7,9H,3,6,8,10,18H2. The Morgan fingerprint density at radius 3 is 2.65 bits per heavy atom. The number of alkyl halides is 3. The van der Waals surface area contributed by atoms with Gasteiger partial charge in [-0.25, -0.2) is 4.98 Å². The minimum Gasteiger partial charge on any atom is -0.335 e. The Morgan fingerprint density at radius 2 is 1.95 bits per heavy atom. The molecule has 108 valence electrons. The van der Waals surface area contributed by atoms with Gasteiger partial charge < -0.3 is 10.3 Å². The van der Waals surface area contributed by atoms with Crippen molar-refractivity contribution >= 4 is 0 Å². The summed E-state index contributed by atoms with van der Waals surface area (Å²) in [6.45, 7) is 1.21. The molecule has 2 aromatic rings. The molecule has 0 aliphatic carbocycles. The summed E-state index contributed by atoms with van der Waals surface area (Å²) in [6, 6.07) is 5.60. The molecule has 0 atom stereocenters. The van der Waals surface area contributed by atoms with Gasteiger partial charge in [-0.2, -0.15) is 13.2 Å². The number of nitrogens with zero attached hydrogens (tertiary/aromatic N) is 2. The molecule has 6 heteroatoms. The van der Waals surface area contributed by atoms with E-state index in [1.54, 1.807) is 18.5 Å². The van der Waals surface area contributed by atoms with E-state index in [2.05, 4.69) is 4.98 Å². The van der Waals surface area contributed by atoms with E-state index < -0.39 is 11.7 Å². The lowest BCUT2D eigenvalue weighted by molar-refractivity contribution is -0.138. The summed E-state index contributed by atoms with van der Waals surface area (Å²) in [6.07, 6.45) is -0.0495. The molecular weight excluding hydrogens is 267 g/mol. The van der Waals surface area contributed by atoms with Crippen LogP contribution in [0.2, 0.25) is 0 Å². The van der Waals surface area contributed by atoms with Crippen molar-refractivity contribution in [1.82, 2.24) is 9.55 Å². The summed E-state index contributed by atoms with van der Waals surface area (Å²) in [5.41, 5.74) is 5.08. The molecule has 0 bridgehead atoms. The second-order valence-electron chi connectivity index (χ2n) is 4.51. The minimum absolute atomic E-state index is 0.160. The fraction of sp³-hybridized carbons (Fsp3) is 0.357. The van der Waals surface area contributed by atoms with E-state index in [1.807, 2.05) is 4.57 Å². The molecule has 1 heterocycles. The molecule has 20 heavy (non-hydrogen) atoms. The molecule has 0 amide bonds. The number of rotatable bonds is 5. The van der Waals surface area contributed by atoms with Crippen LogP contribution in [-0.4, -0.2) is 16.1 Å². The third-order valence-corrected chi connectivity index (χ3v) is 3.08. The van der Waals surface area contributed by atoms with Crippen molar-refractivity contribution in [3.8, 4) is 0 Å². The first-order valence-electron chi connectivity index (χ1n) is 6.37. The molecule has 1 aromatic carbocycles. The largest absolute Gasteiger partial charge is 0.416 e. The lowest BCUT2D eigenvalue weighted by Gasteiger charge is -2.13. The zero-order valence-electron chi connectivity index (χ0n) is 10.9. The maximum Gasteiger partial charge on any atom is 0.416 e. The second kappa shape index (κ2) is 6.09. The third kappa shape index (κ3) is 3.39. The number of benzene rings is 1. The number of aryl methyl sites for hydroxylation is 1. The van der Waals surface area contributed by atoms with Gasteiger partial charge in [-0.1, -0.05) is 18.2 Å². The van der Waals surface area contributed by atoms with Crippen molar-refractivity contribution in [3.63, 3.8) is 0 Å². The van der Waals surface area contributed by atoms with Crippen molar-refractivity contribution in [2.75, 3.05) is 6.54 Å². The zero-order chi connectivity index (χ0) is 14.6. The van der Waals surface area contributed by atoms with Crippen molar-refractivity contribution in [3.05, 3.63) is 53.6 Å². The van der Waals surface area contributed by atoms with E-state index in [0.29, 0.717) is 18.9 Å². The van der Waals surface area contributed by atoms with Crippen molar-refractivity contribution < 1.29 is 13.2 Å². The summed E-state index contributed by atoms with van der Waals surface area (Å²) >= 11 is 0. The minimum atomic E-state index is -4.34. The number of hydrogen-bond donors (Lipinski definition) is 1. The number of hydrogen-bond acceptors (Lipinski definition) is 2. The average molecular weight is 283 g/mol. The first-order valence-corrected chi connectivity index (χ1v) is 6.37. The van der Waals surface area contributed by atoms with Gasteiger partial charge in [0.05, 0.1) is 5.56 Å². The van der Waals surface area contributed by atoms with E-state index in [-0.39, 0.29) is 12.0 Å². The van der Waals surface area contributed by atoms with Crippen LogP contribution in [0.4, 0.5) is 13.2 Å². The first-order chi connectivity index (χ1) is 9.52. The molecule has 0 aliphatic rings. The van der Waals surface area contributed by atoms with E-state index in [4.69, 9.17) is 5.73 Å². The summed E-state index contributed by atoms with van der Waals surface area (Å²) in [5.74, 6) is 0.621. The zero-order valence-corrected chi connectivity index (χ0v) is 10.9. The molecule has 0 fully saturated rings. The fourth-order valence-electron chi connectivity index (χ4n) is 2.09. The fourth-order valence-corrected chi connectivity index (χ4v) is 2.09. The molecular formula is C14H16F3N3. The molecule has 2 rings (SSSR count). The normalized spacial score (nSPS) is 11.8. The van der Waals surface area contributed by atoms with Gasteiger partial charge in [0.15, 0.2) is 0 Å². The van der Waals surface area contributed by atoms with Crippen LogP contribution in [0.5, 0.6) is 0 Å². The highest BCUT2D eigenvalue weighted by Crippen LogP contribution is 2.32. The van der Waals surface area contributed by atoms with Crippen LogP contribution in [0.3, 0.4) is 0 Å². The van der Waals surface area contributed by atoms with Gasteiger partial charge in [0.1, 0.15) is 5.82 Å². The second-order valence-corrected chi connectivity index (χ2v) is 4.51. The topological polar surface area (TPSA) is 43.8 Å². The van der Waals surface area contributed by atoms with E-state index in [0.717, 1.165) is 12.5 Å². The van der Waals surface area contributed by atoms with Crippen LogP contribution < -0.4 is 5.73 Å². The maximum atomic E-state index is 12.9. The average Bonchev–Trinajstić information content (AvgIpc) is 2.83. The number of nitrogens with two attached hydrogens (primary N) is 1. The summed E-state index contributed by atoms with van der Waals surface area (Å²) in [7, 11) is 0. The highest BCUT2D eigenvalue weighted by molar-refractivity contribution is 5.32. The van der Waals surface area contributed by atoms with E-state index in [1.165, 1.54) is 12.1 Å². The Kier molecular flexibility index (Phi) is 4.44. The third-order valence-electron chi connectivity index (χ3n) is 3.08. The van der Waals surface area contributed by atoms with Crippen molar-refractivity contribution in [2.45, 2.75) is 25.6 Å². The molecule has 1 aromatic heterocycles. The molecule has 0 spiro atoms. The molecule has 3 nitrogen and oxygen atoms in total. The quantitative estimate of drug-likeness (QED) is 0.917. The number of halogens is 3. The monoisotopic (exact) mass is 283 g/mol. The van der Waals surface area contributed by atoms with Gasteiger partial charge in [-0.05, 0) is 24.6 Å².